The van der Waals surface area contributed by atoms with Crippen LogP contribution in [-0.2, 0) is 13.1 Å². The minimum absolute atomic E-state index is 0.761. The summed E-state index contributed by atoms with van der Waals surface area (Å²) >= 11 is 3.42. The molecule has 0 aliphatic rings. The molecular formula is C18H20N2O2S2. The van der Waals surface area contributed by atoms with Crippen molar-refractivity contribution in [2.45, 2.75) is 13.1 Å². The summed E-state index contributed by atoms with van der Waals surface area (Å²) in [6.07, 6.45) is 0. The monoisotopic (exact) mass is 360 g/mol. The summed E-state index contributed by atoms with van der Waals surface area (Å²) in [5.41, 5.74) is 2.20. The van der Waals surface area contributed by atoms with E-state index in [2.05, 4.69) is 40.9 Å². The molecule has 0 fully saturated rings. The Morgan fingerprint density at radius 1 is 1.04 bits per heavy atom. The molecule has 0 N–H and O–H groups in total. The number of benzene rings is 1. The average Bonchev–Trinajstić information content (AvgIpc) is 3.25. The zero-order valence-corrected chi connectivity index (χ0v) is 15.6. The van der Waals surface area contributed by atoms with Crippen molar-refractivity contribution in [1.29, 1.82) is 0 Å². The Hall–Kier alpha value is -1.89. The molecule has 0 aliphatic heterocycles. The molecule has 0 saturated carbocycles. The van der Waals surface area contributed by atoms with E-state index in [0.29, 0.717) is 0 Å². The third-order valence-corrected chi connectivity index (χ3v) is 5.57. The maximum absolute atomic E-state index is 5.51. The van der Waals surface area contributed by atoms with Gasteiger partial charge in [0.2, 0.25) is 0 Å². The Bertz CT molecular complexity index is 784. The summed E-state index contributed by atoms with van der Waals surface area (Å²) in [4.78, 5) is 8.19. The van der Waals surface area contributed by atoms with Gasteiger partial charge in [0.25, 0.3) is 0 Å². The summed E-state index contributed by atoms with van der Waals surface area (Å²) < 4.78 is 10.9. The number of rotatable bonds is 7. The van der Waals surface area contributed by atoms with E-state index in [1.165, 1.54) is 4.88 Å². The van der Waals surface area contributed by atoms with Gasteiger partial charge < -0.3 is 9.47 Å². The first-order valence-corrected chi connectivity index (χ1v) is 9.34. The maximum atomic E-state index is 5.51. The highest BCUT2D eigenvalue weighted by Crippen LogP contribution is 2.32. The molecule has 4 nitrogen and oxygen atoms in total. The van der Waals surface area contributed by atoms with E-state index in [-0.39, 0.29) is 0 Å². The first-order chi connectivity index (χ1) is 11.7. The zero-order chi connectivity index (χ0) is 16.9. The zero-order valence-electron chi connectivity index (χ0n) is 14.0. The fraction of sp³-hybridized carbons (Fsp3) is 0.278. The van der Waals surface area contributed by atoms with Crippen molar-refractivity contribution < 1.29 is 9.47 Å². The third-order valence-electron chi connectivity index (χ3n) is 3.64. The van der Waals surface area contributed by atoms with Gasteiger partial charge in [0.1, 0.15) is 5.01 Å². The molecular weight excluding hydrogens is 340 g/mol. The molecule has 2 aromatic heterocycles. The lowest BCUT2D eigenvalue weighted by atomic mass is 10.1. The van der Waals surface area contributed by atoms with Crippen molar-refractivity contribution >= 4 is 22.7 Å². The summed E-state index contributed by atoms with van der Waals surface area (Å²) in [5.74, 6) is 1.56. The van der Waals surface area contributed by atoms with Crippen LogP contribution in [-0.4, -0.2) is 31.2 Å². The van der Waals surface area contributed by atoms with E-state index in [1.54, 1.807) is 36.9 Å². The minimum atomic E-state index is 0.761. The summed E-state index contributed by atoms with van der Waals surface area (Å²) in [7, 11) is 5.42. The van der Waals surface area contributed by atoms with Gasteiger partial charge in [0, 0.05) is 24.0 Å². The highest BCUT2D eigenvalue weighted by Gasteiger charge is 2.13. The minimum Gasteiger partial charge on any atom is -0.493 e. The second-order valence-corrected chi connectivity index (χ2v) is 7.25. The van der Waals surface area contributed by atoms with E-state index >= 15 is 0 Å². The predicted molar refractivity (Wildman–Crippen MR) is 100 cm³/mol. The molecule has 0 amide bonds. The number of nitrogens with zero attached hydrogens (tertiary/aromatic N) is 2. The van der Waals surface area contributed by atoms with Gasteiger partial charge in [-0.25, -0.2) is 4.98 Å². The molecule has 0 saturated heterocycles. The highest BCUT2D eigenvalue weighted by atomic mass is 32.1. The topological polar surface area (TPSA) is 34.6 Å². The number of para-hydroxylation sites is 1. The van der Waals surface area contributed by atoms with Crippen LogP contribution in [0.2, 0.25) is 0 Å². The van der Waals surface area contributed by atoms with Gasteiger partial charge >= 0.3 is 0 Å². The number of ether oxygens (including phenoxy) is 2. The van der Waals surface area contributed by atoms with Gasteiger partial charge in [-0.2, -0.15) is 0 Å². The Kier molecular flexibility index (Phi) is 5.50. The van der Waals surface area contributed by atoms with E-state index in [9.17, 15) is 0 Å². The van der Waals surface area contributed by atoms with E-state index in [0.717, 1.165) is 40.9 Å². The molecule has 0 aliphatic carbocycles. The Morgan fingerprint density at radius 3 is 2.62 bits per heavy atom. The van der Waals surface area contributed by atoms with Crippen molar-refractivity contribution in [3.8, 4) is 21.4 Å². The van der Waals surface area contributed by atoms with Crippen LogP contribution in [0.25, 0.3) is 9.88 Å². The molecule has 2 heterocycles. The van der Waals surface area contributed by atoms with Crippen LogP contribution in [0.15, 0.2) is 41.1 Å². The molecule has 0 bridgehead atoms. The van der Waals surface area contributed by atoms with Crippen LogP contribution in [0.4, 0.5) is 0 Å². The van der Waals surface area contributed by atoms with Gasteiger partial charge in [-0.3, -0.25) is 4.90 Å². The summed E-state index contributed by atoms with van der Waals surface area (Å²) in [5, 5.41) is 5.30. The Labute approximate surface area is 150 Å². The summed E-state index contributed by atoms with van der Waals surface area (Å²) in [6, 6.07) is 10.1. The fourth-order valence-electron chi connectivity index (χ4n) is 2.59. The fourth-order valence-corrected chi connectivity index (χ4v) is 4.22. The van der Waals surface area contributed by atoms with Gasteiger partial charge in [-0.1, -0.05) is 18.2 Å². The smallest absolute Gasteiger partial charge is 0.165 e. The number of thiophene rings is 1. The van der Waals surface area contributed by atoms with E-state index in [4.69, 9.17) is 14.5 Å². The molecule has 3 rings (SSSR count). The Balaban J connectivity index is 1.69. The first kappa shape index (κ1) is 17.0. The third kappa shape index (κ3) is 3.77. The van der Waals surface area contributed by atoms with Crippen LogP contribution in [0.1, 0.15) is 11.3 Å². The highest BCUT2D eigenvalue weighted by molar-refractivity contribution is 7.20. The lowest BCUT2D eigenvalue weighted by molar-refractivity contribution is 0.301. The first-order valence-electron chi connectivity index (χ1n) is 7.58. The van der Waals surface area contributed by atoms with Crippen molar-refractivity contribution in [1.82, 2.24) is 9.88 Å². The molecule has 24 heavy (non-hydrogen) atoms. The van der Waals surface area contributed by atoms with Gasteiger partial charge in [-0.05, 0) is 24.6 Å². The van der Waals surface area contributed by atoms with Crippen LogP contribution in [0, 0.1) is 0 Å². The molecule has 1 aromatic carbocycles. The number of aromatic nitrogens is 1. The predicted octanol–water partition coefficient (Wildman–Crippen LogP) is 4.52. The number of methoxy groups -OCH3 is 2. The number of thiazole rings is 1. The second kappa shape index (κ2) is 7.79. The van der Waals surface area contributed by atoms with Crippen molar-refractivity contribution in [3.05, 3.63) is 52.3 Å². The average molecular weight is 361 g/mol. The van der Waals surface area contributed by atoms with Crippen molar-refractivity contribution in [2.24, 2.45) is 0 Å². The quantitative estimate of drug-likeness (QED) is 0.620. The van der Waals surface area contributed by atoms with E-state index in [1.807, 2.05) is 12.1 Å². The summed E-state index contributed by atoms with van der Waals surface area (Å²) in [6.45, 7) is 1.56. The Morgan fingerprint density at radius 2 is 1.92 bits per heavy atom. The van der Waals surface area contributed by atoms with Gasteiger partial charge in [0.15, 0.2) is 11.5 Å². The lowest BCUT2D eigenvalue weighted by Gasteiger charge is -2.18. The van der Waals surface area contributed by atoms with Crippen molar-refractivity contribution in [3.63, 3.8) is 0 Å². The molecule has 126 valence electrons. The van der Waals surface area contributed by atoms with Crippen LogP contribution < -0.4 is 9.47 Å². The number of hydrogen-bond acceptors (Lipinski definition) is 6. The molecule has 0 unspecified atom stereocenters. The molecule has 6 heteroatoms. The van der Waals surface area contributed by atoms with Crippen LogP contribution >= 0.6 is 22.7 Å². The molecule has 0 spiro atoms. The molecule has 0 radical (unpaired) electrons. The number of hydrogen-bond donors (Lipinski definition) is 0. The standard InChI is InChI=1S/C18H20N2O2S2/c1-20(10-13-6-4-7-15(21-2)17(13)22-3)11-14-12-24-18(19-14)16-8-5-9-23-16/h4-9,12H,10-11H2,1-3H3. The largest absolute Gasteiger partial charge is 0.493 e. The lowest BCUT2D eigenvalue weighted by Crippen LogP contribution is -2.18. The van der Waals surface area contributed by atoms with Crippen LogP contribution in [0.5, 0.6) is 11.5 Å². The second-order valence-electron chi connectivity index (χ2n) is 5.45. The molecule has 0 atom stereocenters. The van der Waals surface area contributed by atoms with Crippen LogP contribution in [0.3, 0.4) is 0 Å². The normalized spacial score (nSPS) is 11.0. The van der Waals surface area contributed by atoms with Crippen molar-refractivity contribution in [2.75, 3.05) is 21.3 Å². The van der Waals surface area contributed by atoms with Gasteiger partial charge in [0.05, 0.1) is 24.8 Å². The van der Waals surface area contributed by atoms with E-state index < -0.39 is 0 Å². The molecule has 3 aromatic rings. The van der Waals surface area contributed by atoms with Gasteiger partial charge in [-0.15, -0.1) is 22.7 Å². The SMILES string of the molecule is COc1cccc(CN(C)Cc2csc(-c3cccs3)n2)c1OC. The maximum Gasteiger partial charge on any atom is 0.165 e.